The van der Waals surface area contributed by atoms with Crippen LogP contribution in [0.1, 0.15) is 57.8 Å². The van der Waals surface area contributed by atoms with Crippen LogP contribution in [-0.4, -0.2) is 27.8 Å². The molecule has 2 fully saturated rings. The van der Waals surface area contributed by atoms with Gasteiger partial charge in [-0.1, -0.05) is 41.6 Å². The maximum atomic E-state index is 13.3. The van der Waals surface area contributed by atoms with E-state index < -0.39 is 17.1 Å². The van der Waals surface area contributed by atoms with E-state index in [1.165, 1.54) is 6.08 Å². The fourth-order valence-corrected chi connectivity index (χ4v) is 5.66. The second-order valence-corrected chi connectivity index (χ2v) is 10.8. The molecule has 2 aromatic carbocycles. The number of thioether (sulfide) groups is 1. The van der Waals surface area contributed by atoms with Crippen LogP contribution in [0.3, 0.4) is 0 Å². The van der Waals surface area contributed by atoms with E-state index in [1.54, 1.807) is 54.6 Å². The fraction of sp³-hybridized carbons (Fsp3) is 0.172. The van der Waals surface area contributed by atoms with Crippen LogP contribution in [0.5, 0.6) is 0 Å². The molecule has 5 rings (SSSR count). The monoisotopic (exact) mass is 553 g/mol. The standard InChI is InChI=1S/C29H20ClN5O3S/c30-19-8-1-16(2-9-19)3-12-23(36)17-6-10-20(11-7-17)35-25(37)13-24(29(35)38)39-28-22(15-32)26(18-4-5-18)21(14-31)27(33)34-28/h1-3,6-12,18,24H,4-5,13H2,(H2,33,34)/b12-3+. The summed E-state index contributed by atoms with van der Waals surface area (Å²) in [6.45, 7) is 0. The average Bonchev–Trinajstić information content (AvgIpc) is 3.73. The van der Waals surface area contributed by atoms with Gasteiger partial charge in [-0.25, -0.2) is 9.88 Å². The van der Waals surface area contributed by atoms with Crippen molar-refractivity contribution in [3.8, 4) is 12.1 Å². The number of hydrogen-bond donors (Lipinski definition) is 1. The number of allylic oxidation sites excluding steroid dienone is 1. The third-order valence-electron chi connectivity index (χ3n) is 6.51. The van der Waals surface area contributed by atoms with Gasteiger partial charge in [-0.05, 0) is 72.4 Å². The molecule has 0 spiro atoms. The first-order valence-electron chi connectivity index (χ1n) is 12.1. The number of halogens is 1. The summed E-state index contributed by atoms with van der Waals surface area (Å²) in [5.74, 6) is -1.00. The van der Waals surface area contributed by atoms with E-state index >= 15 is 0 Å². The summed E-state index contributed by atoms with van der Waals surface area (Å²) in [5.41, 5.74) is 8.60. The Kier molecular flexibility index (Phi) is 7.21. The van der Waals surface area contributed by atoms with E-state index in [0.717, 1.165) is 35.1 Å². The van der Waals surface area contributed by atoms with Crippen molar-refractivity contribution >= 4 is 58.5 Å². The molecule has 2 amide bonds. The number of ketones is 1. The molecule has 1 aliphatic heterocycles. The second kappa shape index (κ2) is 10.7. The summed E-state index contributed by atoms with van der Waals surface area (Å²) < 4.78 is 0. The molecule has 1 aliphatic carbocycles. The maximum Gasteiger partial charge on any atom is 0.247 e. The summed E-state index contributed by atoms with van der Waals surface area (Å²) in [5, 5.41) is 19.4. The molecule has 1 unspecified atom stereocenters. The number of nitrogens with zero attached hydrogens (tertiary/aromatic N) is 4. The van der Waals surface area contributed by atoms with Crippen molar-refractivity contribution in [2.75, 3.05) is 10.6 Å². The van der Waals surface area contributed by atoms with Crippen LogP contribution in [0.25, 0.3) is 6.08 Å². The number of imide groups is 1. The van der Waals surface area contributed by atoms with Crippen molar-refractivity contribution in [3.63, 3.8) is 0 Å². The number of nitriles is 2. The predicted octanol–water partition coefficient (Wildman–Crippen LogP) is 5.26. The molecule has 2 N–H and O–H groups in total. The van der Waals surface area contributed by atoms with Crippen molar-refractivity contribution < 1.29 is 14.4 Å². The minimum absolute atomic E-state index is 0.0138. The zero-order chi connectivity index (χ0) is 27.7. The lowest BCUT2D eigenvalue weighted by Crippen LogP contribution is -2.31. The highest BCUT2D eigenvalue weighted by Crippen LogP contribution is 2.47. The Labute approximate surface area is 233 Å². The Morgan fingerprint density at radius 1 is 1.05 bits per heavy atom. The average molecular weight is 554 g/mol. The highest BCUT2D eigenvalue weighted by molar-refractivity contribution is 8.00. The number of carbonyl (C=O) groups excluding carboxylic acids is 3. The zero-order valence-corrected chi connectivity index (χ0v) is 22.0. The van der Waals surface area contributed by atoms with Crippen molar-refractivity contribution in [1.29, 1.82) is 10.5 Å². The molecule has 2 aliphatic rings. The van der Waals surface area contributed by atoms with E-state index in [9.17, 15) is 24.9 Å². The number of aromatic nitrogens is 1. The molecule has 0 radical (unpaired) electrons. The normalized spacial score (nSPS) is 16.9. The smallest absolute Gasteiger partial charge is 0.247 e. The molecular formula is C29H20ClN5O3S. The zero-order valence-electron chi connectivity index (χ0n) is 20.4. The van der Waals surface area contributed by atoms with Crippen LogP contribution in [-0.2, 0) is 9.59 Å². The van der Waals surface area contributed by atoms with E-state index in [-0.39, 0.29) is 40.1 Å². The van der Waals surface area contributed by atoms with E-state index in [0.29, 0.717) is 21.8 Å². The third-order valence-corrected chi connectivity index (χ3v) is 7.93. The third kappa shape index (κ3) is 5.28. The summed E-state index contributed by atoms with van der Waals surface area (Å²) in [7, 11) is 0. The number of pyridine rings is 1. The fourth-order valence-electron chi connectivity index (χ4n) is 4.41. The van der Waals surface area contributed by atoms with Gasteiger partial charge in [0.25, 0.3) is 0 Å². The van der Waals surface area contributed by atoms with Crippen molar-refractivity contribution in [2.45, 2.75) is 35.5 Å². The summed E-state index contributed by atoms with van der Waals surface area (Å²) in [6.07, 6.45) is 4.73. The van der Waals surface area contributed by atoms with Gasteiger partial charge in [-0.15, -0.1) is 0 Å². The molecule has 192 valence electrons. The number of anilines is 2. The van der Waals surface area contributed by atoms with E-state index in [1.807, 2.05) is 6.07 Å². The van der Waals surface area contributed by atoms with Crippen LogP contribution in [0.2, 0.25) is 5.02 Å². The number of amides is 2. The Balaban J connectivity index is 1.33. The first-order chi connectivity index (χ1) is 18.8. The van der Waals surface area contributed by atoms with Gasteiger partial charge in [0.1, 0.15) is 23.0 Å². The maximum absolute atomic E-state index is 13.3. The predicted molar refractivity (Wildman–Crippen MR) is 148 cm³/mol. The Hall–Kier alpha value is -4.44. The number of carbonyl (C=O) groups is 3. The van der Waals surface area contributed by atoms with Crippen LogP contribution >= 0.6 is 23.4 Å². The summed E-state index contributed by atoms with van der Waals surface area (Å²) in [6, 6.07) is 17.4. The van der Waals surface area contributed by atoms with Crippen LogP contribution in [0.15, 0.2) is 59.6 Å². The number of benzene rings is 2. The first-order valence-corrected chi connectivity index (χ1v) is 13.3. The van der Waals surface area contributed by atoms with Gasteiger partial charge in [0.2, 0.25) is 11.8 Å². The van der Waals surface area contributed by atoms with Crippen LogP contribution < -0.4 is 10.6 Å². The lowest BCUT2D eigenvalue weighted by Gasteiger charge is -2.16. The SMILES string of the molecule is N#Cc1c(N)nc(SC2CC(=O)N(c3ccc(C(=O)/C=C/c4ccc(Cl)cc4)cc3)C2=O)c(C#N)c1C1CC1. The van der Waals surface area contributed by atoms with Gasteiger partial charge in [0.15, 0.2) is 5.78 Å². The second-order valence-electron chi connectivity index (χ2n) is 9.14. The Morgan fingerprint density at radius 2 is 1.72 bits per heavy atom. The molecule has 1 saturated heterocycles. The number of nitrogens with two attached hydrogens (primary N) is 1. The lowest BCUT2D eigenvalue weighted by molar-refractivity contribution is -0.121. The molecule has 8 nitrogen and oxygen atoms in total. The Morgan fingerprint density at radius 3 is 2.33 bits per heavy atom. The largest absolute Gasteiger partial charge is 0.383 e. The lowest BCUT2D eigenvalue weighted by atomic mass is 10.0. The topological polar surface area (TPSA) is 141 Å². The van der Waals surface area contributed by atoms with Gasteiger partial charge in [-0.2, -0.15) is 10.5 Å². The van der Waals surface area contributed by atoms with Gasteiger partial charge in [-0.3, -0.25) is 14.4 Å². The first kappa shape index (κ1) is 26.2. The quantitative estimate of drug-likeness (QED) is 0.237. The highest BCUT2D eigenvalue weighted by Gasteiger charge is 2.42. The molecule has 1 saturated carbocycles. The van der Waals surface area contributed by atoms with Gasteiger partial charge >= 0.3 is 0 Å². The summed E-state index contributed by atoms with van der Waals surface area (Å²) >= 11 is 6.90. The Bertz CT molecular complexity index is 1620. The number of rotatable bonds is 7. The molecule has 3 aromatic rings. The van der Waals surface area contributed by atoms with Gasteiger partial charge in [0, 0.05) is 17.0 Å². The molecular weight excluding hydrogens is 534 g/mol. The molecule has 2 heterocycles. The van der Waals surface area contributed by atoms with Crippen molar-refractivity contribution in [2.24, 2.45) is 0 Å². The van der Waals surface area contributed by atoms with Gasteiger partial charge < -0.3 is 5.73 Å². The van der Waals surface area contributed by atoms with Crippen molar-refractivity contribution in [3.05, 3.63) is 87.4 Å². The number of nitrogen functional groups attached to an aromatic ring is 1. The summed E-state index contributed by atoms with van der Waals surface area (Å²) in [4.78, 5) is 44.0. The van der Waals surface area contributed by atoms with E-state index in [4.69, 9.17) is 17.3 Å². The molecule has 0 bridgehead atoms. The molecule has 39 heavy (non-hydrogen) atoms. The van der Waals surface area contributed by atoms with Crippen LogP contribution in [0.4, 0.5) is 11.5 Å². The minimum Gasteiger partial charge on any atom is -0.383 e. The molecule has 1 atom stereocenters. The van der Waals surface area contributed by atoms with E-state index in [2.05, 4.69) is 11.1 Å². The molecule has 1 aromatic heterocycles. The van der Waals surface area contributed by atoms with Crippen molar-refractivity contribution in [1.82, 2.24) is 4.98 Å². The highest BCUT2D eigenvalue weighted by atomic mass is 35.5. The molecule has 10 heteroatoms. The van der Waals surface area contributed by atoms with Crippen LogP contribution in [0, 0.1) is 22.7 Å². The number of hydrogen-bond acceptors (Lipinski definition) is 8. The minimum atomic E-state index is -0.805. The van der Waals surface area contributed by atoms with Gasteiger partial charge in [0.05, 0.1) is 22.1 Å².